The van der Waals surface area contributed by atoms with Crippen LogP contribution < -0.4 is 16.0 Å². The van der Waals surface area contributed by atoms with Gasteiger partial charge in [0, 0.05) is 24.1 Å². The lowest BCUT2D eigenvalue weighted by Crippen LogP contribution is -2.03. The van der Waals surface area contributed by atoms with E-state index in [1.54, 1.807) is 7.05 Å². The summed E-state index contributed by atoms with van der Waals surface area (Å²) in [5.74, 6) is 0.800. The first-order valence-electron chi connectivity index (χ1n) is 7.42. The molecule has 0 aliphatic rings. The van der Waals surface area contributed by atoms with Crippen LogP contribution >= 0.6 is 11.6 Å². The fraction of sp³-hybridized carbons (Fsp3) is 0.118. The molecule has 0 unspecified atom stereocenters. The first-order chi connectivity index (χ1) is 11.6. The molecule has 0 amide bonds. The second-order valence-corrected chi connectivity index (χ2v) is 5.54. The van der Waals surface area contributed by atoms with Crippen molar-refractivity contribution in [3.63, 3.8) is 0 Å². The molecule has 2 aromatic carbocycles. The second-order valence-electron chi connectivity index (χ2n) is 5.20. The van der Waals surface area contributed by atoms with Gasteiger partial charge in [0.25, 0.3) is 0 Å². The molecule has 0 aliphatic heterocycles. The maximum atomic E-state index is 5.87. The Labute approximate surface area is 145 Å². The van der Waals surface area contributed by atoms with Crippen LogP contribution in [0.4, 0.5) is 29.0 Å². The number of aryl methyl sites for hydroxylation is 1. The number of aromatic nitrogens is 3. The van der Waals surface area contributed by atoms with Crippen LogP contribution in [0.15, 0.2) is 48.5 Å². The molecule has 24 heavy (non-hydrogen) atoms. The Morgan fingerprint density at radius 2 is 1.46 bits per heavy atom. The highest BCUT2D eigenvalue weighted by Crippen LogP contribution is 2.21. The first-order valence-corrected chi connectivity index (χ1v) is 7.80. The van der Waals surface area contributed by atoms with Gasteiger partial charge < -0.3 is 16.0 Å². The Bertz CT molecular complexity index is 835. The molecule has 3 N–H and O–H groups in total. The topological polar surface area (TPSA) is 74.8 Å². The highest BCUT2D eigenvalue weighted by Gasteiger charge is 2.04. The largest absolute Gasteiger partial charge is 0.357 e. The Balaban J connectivity index is 1.71. The van der Waals surface area contributed by atoms with E-state index < -0.39 is 0 Å². The Morgan fingerprint density at radius 1 is 0.792 bits per heavy atom. The van der Waals surface area contributed by atoms with Crippen molar-refractivity contribution in [3.05, 3.63) is 59.4 Å². The molecule has 0 fully saturated rings. The lowest BCUT2D eigenvalue weighted by molar-refractivity contribution is 1.05. The summed E-state index contributed by atoms with van der Waals surface area (Å²) < 4.78 is 0. The van der Waals surface area contributed by atoms with Gasteiger partial charge in [0.15, 0.2) is 0 Å². The Morgan fingerprint density at radius 3 is 2.12 bits per heavy atom. The molecular weight excluding hydrogens is 324 g/mol. The minimum Gasteiger partial charge on any atom is -0.357 e. The zero-order chi connectivity index (χ0) is 16.9. The van der Waals surface area contributed by atoms with Gasteiger partial charge in [-0.2, -0.15) is 15.0 Å². The van der Waals surface area contributed by atoms with E-state index in [2.05, 4.69) is 50.0 Å². The van der Waals surface area contributed by atoms with Crippen LogP contribution in [0.1, 0.15) is 5.56 Å². The average molecular weight is 341 g/mol. The summed E-state index contributed by atoms with van der Waals surface area (Å²) in [7, 11) is 1.72. The van der Waals surface area contributed by atoms with Gasteiger partial charge in [-0.15, -0.1) is 0 Å². The molecule has 0 radical (unpaired) electrons. The standard InChI is InChI=1S/C17H17ClN6/c1-11-4-3-5-14(10-11)20-12-6-8-13(9-7-12)21-17-23-15(18)22-16(19-2)24-17/h3-10,20H,1-2H3,(H2,19,21,22,23,24). The maximum Gasteiger partial charge on any atom is 0.233 e. The summed E-state index contributed by atoms with van der Waals surface area (Å²) in [5, 5.41) is 9.44. The fourth-order valence-corrected chi connectivity index (χ4v) is 2.33. The van der Waals surface area contributed by atoms with Crippen molar-refractivity contribution in [1.29, 1.82) is 0 Å². The van der Waals surface area contributed by atoms with Gasteiger partial charge in [-0.1, -0.05) is 12.1 Å². The molecule has 3 aromatic rings. The fourth-order valence-electron chi connectivity index (χ4n) is 2.17. The summed E-state index contributed by atoms with van der Waals surface area (Å²) >= 11 is 5.87. The third-order valence-corrected chi connectivity index (χ3v) is 3.45. The maximum absolute atomic E-state index is 5.87. The zero-order valence-electron chi connectivity index (χ0n) is 13.3. The van der Waals surface area contributed by atoms with Crippen LogP contribution in [0.25, 0.3) is 0 Å². The van der Waals surface area contributed by atoms with Crippen LogP contribution in [0.3, 0.4) is 0 Å². The van der Waals surface area contributed by atoms with Gasteiger partial charge >= 0.3 is 0 Å². The molecule has 0 saturated heterocycles. The molecule has 122 valence electrons. The third-order valence-electron chi connectivity index (χ3n) is 3.28. The molecule has 1 heterocycles. The van der Waals surface area contributed by atoms with Crippen molar-refractivity contribution in [2.24, 2.45) is 0 Å². The summed E-state index contributed by atoms with van der Waals surface area (Å²) in [4.78, 5) is 12.2. The molecule has 0 atom stereocenters. The van der Waals surface area contributed by atoms with E-state index >= 15 is 0 Å². The van der Waals surface area contributed by atoms with Crippen molar-refractivity contribution in [2.75, 3.05) is 23.0 Å². The minimum absolute atomic E-state index is 0.134. The zero-order valence-corrected chi connectivity index (χ0v) is 14.1. The number of benzene rings is 2. The summed E-state index contributed by atoms with van der Waals surface area (Å²) in [6, 6.07) is 16.1. The van der Waals surface area contributed by atoms with Crippen LogP contribution in [-0.4, -0.2) is 22.0 Å². The van der Waals surface area contributed by atoms with Crippen molar-refractivity contribution in [3.8, 4) is 0 Å². The molecule has 0 spiro atoms. The molecule has 7 heteroatoms. The lowest BCUT2D eigenvalue weighted by Gasteiger charge is -2.09. The van der Waals surface area contributed by atoms with Crippen LogP contribution in [0.2, 0.25) is 5.28 Å². The predicted octanol–water partition coefficient (Wildman–Crippen LogP) is 4.36. The molecule has 0 aliphatic carbocycles. The number of hydrogen-bond acceptors (Lipinski definition) is 6. The molecular formula is C17H17ClN6. The predicted molar refractivity (Wildman–Crippen MR) is 98.6 cm³/mol. The van der Waals surface area contributed by atoms with E-state index in [9.17, 15) is 0 Å². The van der Waals surface area contributed by atoms with Crippen LogP contribution in [0, 0.1) is 6.92 Å². The minimum atomic E-state index is 0.134. The van der Waals surface area contributed by atoms with E-state index in [0.717, 1.165) is 17.1 Å². The first kappa shape index (κ1) is 16.0. The number of nitrogens with one attached hydrogen (secondary N) is 3. The van der Waals surface area contributed by atoms with Crippen molar-refractivity contribution in [2.45, 2.75) is 6.92 Å². The lowest BCUT2D eigenvalue weighted by atomic mass is 10.2. The summed E-state index contributed by atoms with van der Waals surface area (Å²) in [6.07, 6.45) is 0. The Hall–Kier alpha value is -2.86. The summed E-state index contributed by atoms with van der Waals surface area (Å²) in [6.45, 7) is 2.07. The van der Waals surface area contributed by atoms with Crippen LogP contribution in [0.5, 0.6) is 0 Å². The number of nitrogens with zero attached hydrogens (tertiary/aromatic N) is 3. The third kappa shape index (κ3) is 4.11. The van der Waals surface area contributed by atoms with Gasteiger partial charge in [0.1, 0.15) is 0 Å². The van der Waals surface area contributed by atoms with Crippen molar-refractivity contribution >= 4 is 40.6 Å². The second kappa shape index (κ2) is 7.14. The normalized spacial score (nSPS) is 10.3. The number of rotatable bonds is 5. The monoisotopic (exact) mass is 340 g/mol. The molecule has 0 saturated carbocycles. The van der Waals surface area contributed by atoms with E-state index in [4.69, 9.17) is 11.6 Å². The van der Waals surface area contributed by atoms with Crippen LogP contribution in [-0.2, 0) is 0 Å². The average Bonchev–Trinajstić information content (AvgIpc) is 2.56. The Kier molecular flexibility index (Phi) is 4.77. The number of anilines is 5. The van der Waals surface area contributed by atoms with Gasteiger partial charge in [0.05, 0.1) is 0 Å². The van der Waals surface area contributed by atoms with Gasteiger partial charge in [-0.25, -0.2) is 0 Å². The van der Waals surface area contributed by atoms with E-state index in [1.807, 2.05) is 36.4 Å². The SMILES string of the molecule is CNc1nc(Cl)nc(Nc2ccc(Nc3cccc(C)c3)cc2)n1. The van der Waals surface area contributed by atoms with E-state index in [0.29, 0.717) is 11.9 Å². The van der Waals surface area contributed by atoms with E-state index in [-0.39, 0.29) is 5.28 Å². The quantitative estimate of drug-likeness (QED) is 0.640. The highest BCUT2D eigenvalue weighted by atomic mass is 35.5. The van der Waals surface area contributed by atoms with E-state index in [1.165, 1.54) is 5.56 Å². The highest BCUT2D eigenvalue weighted by molar-refractivity contribution is 6.28. The molecule has 0 bridgehead atoms. The van der Waals surface area contributed by atoms with Gasteiger partial charge in [0.2, 0.25) is 17.2 Å². The number of halogens is 1. The van der Waals surface area contributed by atoms with Crippen molar-refractivity contribution in [1.82, 2.24) is 15.0 Å². The molecule has 6 nitrogen and oxygen atoms in total. The molecule has 1 aromatic heterocycles. The number of hydrogen-bond donors (Lipinski definition) is 3. The van der Waals surface area contributed by atoms with Crippen molar-refractivity contribution < 1.29 is 0 Å². The summed E-state index contributed by atoms with van der Waals surface area (Å²) in [5.41, 5.74) is 4.12. The smallest absolute Gasteiger partial charge is 0.233 e. The molecule has 3 rings (SSSR count). The van der Waals surface area contributed by atoms with Gasteiger partial charge in [-0.05, 0) is 60.5 Å². The van der Waals surface area contributed by atoms with Gasteiger partial charge in [-0.3, -0.25) is 0 Å².